The number of methoxy groups -OCH3 is 4. The van der Waals surface area contributed by atoms with Crippen molar-refractivity contribution in [3.8, 4) is 23.0 Å². The minimum atomic E-state index is -3.94. The maximum absolute atomic E-state index is 12.9. The third kappa shape index (κ3) is 7.17. The molecule has 0 saturated carbocycles. The summed E-state index contributed by atoms with van der Waals surface area (Å²) in [6.45, 7) is 0. The van der Waals surface area contributed by atoms with Gasteiger partial charge in [-0.15, -0.1) is 0 Å². The highest BCUT2D eigenvalue weighted by molar-refractivity contribution is 7.95. The van der Waals surface area contributed by atoms with E-state index in [0.29, 0.717) is 39.8 Å². The van der Waals surface area contributed by atoms with Gasteiger partial charge in [0.15, 0.2) is 5.78 Å². The van der Waals surface area contributed by atoms with Crippen LogP contribution in [0, 0.1) is 0 Å². The molecule has 0 aliphatic heterocycles. The van der Waals surface area contributed by atoms with Crippen molar-refractivity contribution in [1.29, 1.82) is 0 Å². The van der Waals surface area contributed by atoms with Crippen molar-refractivity contribution in [2.75, 3.05) is 38.5 Å². The van der Waals surface area contributed by atoms with Crippen LogP contribution in [0.1, 0.15) is 15.9 Å². The van der Waals surface area contributed by atoms with E-state index >= 15 is 0 Å². The van der Waals surface area contributed by atoms with Gasteiger partial charge in [-0.2, -0.15) is 0 Å². The second-order valence-corrected chi connectivity index (χ2v) is 10.3. The first kappa shape index (κ1) is 29.0. The summed E-state index contributed by atoms with van der Waals surface area (Å²) < 4.78 is 49.7. The minimum Gasteiger partial charge on any atom is -0.496 e. The van der Waals surface area contributed by atoms with Crippen molar-refractivity contribution < 1.29 is 32.2 Å². The van der Waals surface area contributed by atoms with Crippen LogP contribution in [0.4, 0.5) is 11.4 Å². The lowest BCUT2D eigenvalue weighted by Crippen LogP contribution is -2.09. The topological polar surface area (TPSA) is 112 Å². The van der Waals surface area contributed by atoms with Gasteiger partial charge < -0.3 is 24.3 Å². The minimum absolute atomic E-state index is 0.186. The van der Waals surface area contributed by atoms with Crippen LogP contribution in [-0.4, -0.2) is 42.6 Å². The molecule has 4 aromatic carbocycles. The number of sulfonamides is 1. The van der Waals surface area contributed by atoms with Gasteiger partial charge in [0.05, 0.1) is 50.8 Å². The molecule has 0 saturated heterocycles. The van der Waals surface area contributed by atoms with Crippen LogP contribution in [0.15, 0.2) is 90.5 Å². The summed E-state index contributed by atoms with van der Waals surface area (Å²) in [5, 5.41) is 6.04. The van der Waals surface area contributed by atoms with Gasteiger partial charge in [-0.25, -0.2) is 8.42 Å². The van der Waals surface area contributed by atoms with Gasteiger partial charge in [0, 0.05) is 30.0 Å². The first-order chi connectivity index (χ1) is 19.8. The number of benzene rings is 4. The molecule has 0 atom stereocenters. The van der Waals surface area contributed by atoms with Gasteiger partial charge in [0.25, 0.3) is 10.0 Å². The highest BCUT2D eigenvalue weighted by Gasteiger charge is 2.14. The van der Waals surface area contributed by atoms with Crippen molar-refractivity contribution in [2.45, 2.75) is 0 Å². The Kier molecular flexibility index (Phi) is 9.15. The summed E-state index contributed by atoms with van der Waals surface area (Å²) in [6.07, 6.45) is 4.26. The van der Waals surface area contributed by atoms with Crippen LogP contribution < -0.4 is 29.0 Å². The standard InChI is InChI=1S/C31H30N2O7S/c1-37-25-19-30(39-3)26(31(20-25)40-4)14-16-41(35,36)33-24-11-12-29(38-2)27(18-24)32-15-13-28(34)23-10-9-21-7-5-6-8-22(21)17-23/h5-20,32-33H,1-4H3/b15-13-,16-14+. The number of allylic oxidation sites excluding steroid dienone is 1. The van der Waals surface area contributed by atoms with E-state index in [1.54, 1.807) is 36.4 Å². The Morgan fingerprint density at radius 2 is 1.44 bits per heavy atom. The number of ether oxygens (including phenoxy) is 4. The normalized spacial score (nSPS) is 11.5. The molecule has 0 aliphatic carbocycles. The molecule has 0 aliphatic rings. The summed E-state index contributed by atoms with van der Waals surface area (Å²) in [4.78, 5) is 12.7. The summed E-state index contributed by atoms with van der Waals surface area (Å²) in [7, 11) is 2.00. The van der Waals surface area contributed by atoms with Crippen LogP contribution >= 0.6 is 0 Å². The lowest BCUT2D eigenvalue weighted by molar-refractivity contribution is 0.104. The van der Waals surface area contributed by atoms with Gasteiger partial charge in [-0.3, -0.25) is 9.52 Å². The van der Waals surface area contributed by atoms with E-state index in [-0.39, 0.29) is 11.5 Å². The van der Waals surface area contributed by atoms with Crippen LogP contribution in [0.25, 0.3) is 16.8 Å². The van der Waals surface area contributed by atoms with Crippen LogP contribution in [0.5, 0.6) is 23.0 Å². The molecule has 4 aromatic rings. The molecule has 0 aromatic heterocycles. The lowest BCUT2D eigenvalue weighted by Gasteiger charge is -2.13. The van der Waals surface area contributed by atoms with Crippen molar-refractivity contribution in [2.24, 2.45) is 0 Å². The first-order valence-electron chi connectivity index (χ1n) is 12.4. The Labute approximate surface area is 239 Å². The van der Waals surface area contributed by atoms with Gasteiger partial charge in [0.2, 0.25) is 0 Å². The van der Waals surface area contributed by atoms with Crippen LogP contribution in [-0.2, 0) is 10.0 Å². The molecule has 0 radical (unpaired) electrons. The fourth-order valence-electron chi connectivity index (χ4n) is 4.08. The molecule has 0 spiro atoms. The van der Waals surface area contributed by atoms with Crippen LogP contribution in [0.3, 0.4) is 0 Å². The second kappa shape index (κ2) is 12.9. The third-order valence-electron chi connectivity index (χ3n) is 6.13. The molecule has 0 unspecified atom stereocenters. The average Bonchev–Trinajstić information content (AvgIpc) is 2.99. The number of anilines is 2. The number of carbonyl (C=O) groups excluding carboxylic acids is 1. The van der Waals surface area contributed by atoms with Crippen molar-refractivity contribution in [3.05, 3.63) is 102 Å². The van der Waals surface area contributed by atoms with Gasteiger partial charge in [-0.1, -0.05) is 36.4 Å². The van der Waals surface area contributed by atoms with E-state index in [1.165, 1.54) is 46.8 Å². The predicted molar refractivity (Wildman–Crippen MR) is 162 cm³/mol. The number of hydrogen-bond donors (Lipinski definition) is 2. The molecule has 0 fully saturated rings. The summed E-state index contributed by atoms with van der Waals surface area (Å²) in [5.74, 6) is 1.54. The number of fused-ring (bicyclic) bond motifs is 1. The molecular formula is C31H30N2O7S. The molecule has 41 heavy (non-hydrogen) atoms. The zero-order valence-corrected chi connectivity index (χ0v) is 23.8. The highest BCUT2D eigenvalue weighted by Crippen LogP contribution is 2.35. The molecule has 0 bridgehead atoms. The third-order valence-corrected chi connectivity index (χ3v) is 7.15. The summed E-state index contributed by atoms with van der Waals surface area (Å²) in [5.41, 5.74) is 1.71. The molecule has 9 nitrogen and oxygen atoms in total. The van der Waals surface area contributed by atoms with E-state index in [9.17, 15) is 13.2 Å². The summed E-state index contributed by atoms with van der Waals surface area (Å²) >= 11 is 0. The van der Waals surface area contributed by atoms with E-state index in [2.05, 4.69) is 10.0 Å². The van der Waals surface area contributed by atoms with Gasteiger partial charge in [0.1, 0.15) is 23.0 Å². The van der Waals surface area contributed by atoms with E-state index in [0.717, 1.165) is 16.2 Å². The summed E-state index contributed by atoms with van der Waals surface area (Å²) in [6, 6.07) is 21.3. The quantitative estimate of drug-likeness (QED) is 0.154. The number of ketones is 1. The highest BCUT2D eigenvalue weighted by atomic mass is 32.2. The first-order valence-corrected chi connectivity index (χ1v) is 14.0. The van der Waals surface area contributed by atoms with E-state index in [1.807, 2.05) is 36.4 Å². The zero-order valence-electron chi connectivity index (χ0n) is 23.0. The number of rotatable bonds is 12. The molecule has 2 N–H and O–H groups in total. The number of hydrogen-bond acceptors (Lipinski definition) is 8. The lowest BCUT2D eigenvalue weighted by atomic mass is 10.0. The maximum atomic E-state index is 12.9. The smallest absolute Gasteiger partial charge is 0.255 e. The second-order valence-electron chi connectivity index (χ2n) is 8.71. The fourth-order valence-corrected chi connectivity index (χ4v) is 4.92. The Morgan fingerprint density at radius 3 is 2.10 bits per heavy atom. The van der Waals surface area contributed by atoms with Crippen molar-refractivity contribution in [1.82, 2.24) is 0 Å². The van der Waals surface area contributed by atoms with Crippen molar-refractivity contribution in [3.63, 3.8) is 0 Å². The SMILES string of the molecule is COc1cc(OC)c(/C=C/S(=O)(=O)Nc2ccc(OC)c(N/C=C\C(=O)c3ccc4ccccc4c3)c2)c(OC)c1. The molecule has 10 heteroatoms. The molecule has 212 valence electrons. The van der Waals surface area contributed by atoms with Gasteiger partial charge in [-0.05, 0) is 41.1 Å². The predicted octanol–water partition coefficient (Wildman–Crippen LogP) is 6.10. The maximum Gasteiger partial charge on any atom is 0.255 e. The Bertz CT molecular complexity index is 1710. The Balaban J connectivity index is 1.50. The van der Waals surface area contributed by atoms with E-state index < -0.39 is 10.0 Å². The Morgan fingerprint density at radius 1 is 0.756 bits per heavy atom. The van der Waals surface area contributed by atoms with Crippen molar-refractivity contribution >= 4 is 44.0 Å². The largest absolute Gasteiger partial charge is 0.496 e. The molecule has 0 amide bonds. The van der Waals surface area contributed by atoms with Crippen LogP contribution in [0.2, 0.25) is 0 Å². The fraction of sp³-hybridized carbons (Fsp3) is 0.129. The van der Waals surface area contributed by atoms with Gasteiger partial charge >= 0.3 is 0 Å². The molecule has 4 rings (SSSR count). The number of carbonyl (C=O) groups is 1. The zero-order chi connectivity index (χ0) is 29.4. The average molecular weight is 575 g/mol. The molecular weight excluding hydrogens is 544 g/mol. The monoisotopic (exact) mass is 574 g/mol. The van der Waals surface area contributed by atoms with E-state index in [4.69, 9.17) is 18.9 Å². The number of nitrogens with one attached hydrogen (secondary N) is 2. The molecule has 0 heterocycles. The Hall–Kier alpha value is -4.96.